The minimum Gasteiger partial charge on any atom is -0.428 e. The summed E-state index contributed by atoms with van der Waals surface area (Å²) < 4.78 is 84.1. The van der Waals surface area contributed by atoms with Crippen molar-refractivity contribution in [3.63, 3.8) is 0 Å². The number of alkyl halides is 6. The molecule has 1 fully saturated rings. The van der Waals surface area contributed by atoms with Crippen LogP contribution in [0.5, 0.6) is 5.75 Å². The molecule has 0 amide bonds. The number of hydrogen-bond donors (Lipinski definition) is 2. The van der Waals surface area contributed by atoms with Crippen molar-refractivity contribution < 1.29 is 36.2 Å². The first-order chi connectivity index (χ1) is 11.7. The van der Waals surface area contributed by atoms with Crippen molar-refractivity contribution in [2.45, 2.75) is 24.5 Å². The number of halogens is 6. The number of benzene rings is 1. The van der Waals surface area contributed by atoms with E-state index in [1.54, 1.807) is 0 Å². The van der Waals surface area contributed by atoms with Gasteiger partial charge in [0.15, 0.2) is 0 Å². The van der Waals surface area contributed by atoms with Crippen LogP contribution in [0.15, 0.2) is 24.3 Å². The van der Waals surface area contributed by atoms with Gasteiger partial charge in [-0.05, 0) is 6.07 Å². The Balaban J connectivity index is 2.43. The first-order valence-electron chi connectivity index (χ1n) is 7.56. The second-order valence-electron chi connectivity index (χ2n) is 5.61. The topological polar surface area (TPSA) is 44.7 Å². The standard InChI is InChI=1S/C15H18F6N2O2/c16-13(17)15(20,21)25-11-4-2-1-3-10(11)12(14(18,19)9-24)23-7-5-22-6-8-23/h1-4,12-13,22,24H,5-9H2/t12-/m0/s1. The molecule has 0 bridgehead atoms. The number of para-hydroxylation sites is 1. The molecular weight excluding hydrogens is 354 g/mol. The van der Waals surface area contributed by atoms with E-state index in [-0.39, 0.29) is 18.7 Å². The average molecular weight is 372 g/mol. The third-order valence-electron chi connectivity index (χ3n) is 3.84. The third kappa shape index (κ3) is 4.56. The summed E-state index contributed by atoms with van der Waals surface area (Å²) in [4.78, 5) is 1.30. The number of piperazine rings is 1. The van der Waals surface area contributed by atoms with Crippen molar-refractivity contribution in [2.24, 2.45) is 0 Å². The Hall–Kier alpha value is -1.52. The van der Waals surface area contributed by atoms with Gasteiger partial charge in [-0.25, -0.2) is 8.78 Å². The molecule has 25 heavy (non-hydrogen) atoms. The van der Waals surface area contributed by atoms with E-state index in [9.17, 15) is 26.3 Å². The highest BCUT2D eigenvalue weighted by Crippen LogP contribution is 2.42. The monoisotopic (exact) mass is 372 g/mol. The Kier molecular flexibility index (Phi) is 6.17. The Morgan fingerprint density at radius 1 is 1.12 bits per heavy atom. The molecule has 0 aromatic heterocycles. The number of aliphatic hydroxyl groups is 1. The summed E-state index contributed by atoms with van der Waals surface area (Å²) in [6.07, 6.45) is -8.94. The highest BCUT2D eigenvalue weighted by Gasteiger charge is 2.48. The molecule has 0 aliphatic carbocycles. The third-order valence-corrected chi connectivity index (χ3v) is 3.84. The predicted octanol–water partition coefficient (Wildman–Crippen LogP) is 2.50. The second kappa shape index (κ2) is 7.79. The summed E-state index contributed by atoms with van der Waals surface area (Å²) in [5, 5.41) is 12.0. The van der Waals surface area contributed by atoms with Crippen LogP contribution in [-0.2, 0) is 0 Å². The van der Waals surface area contributed by atoms with Gasteiger partial charge in [0.2, 0.25) is 0 Å². The lowest BCUT2D eigenvalue weighted by molar-refractivity contribution is -0.254. The Morgan fingerprint density at radius 3 is 2.28 bits per heavy atom. The van der Waals surface area contributed by atoms with Crippen LogP contribution in [0.2, 0.25) is 0 Å². The Morgan fingerprint density at radius 2 is 1.72 bits per heavy atom. The molecule has 1 aromatic carbocycles. The fourth-order valence-corrected chi connectivity index (χ4v) is 2.71. The highest BCUT2D eigenvalue weighted by atomic mass is 19.3. The fourth-order valence-electron chi connectivity index (χ4n) is 2.71. The zero-order valence-corrected chi connectivity index (χ0v) is 13.1. The fraction of sp³-hybridized carbons (Fsp3) is 0.600. The van der Waals surface area contributed by atoms with Crippen LogP contribution in [0.25, 0.3) is 0 Å². The SMILES string of the molecule is OCC(F)(F)[C@H](c1ccccc1OC(F)(F)C(F)F)N1CCNCC1. The van der Waals surface area contributed by atoms with Gasteiger partial charge in [-0.1, -0.05) is 18.2 Å². The molecule has 1 aliphatic rings. The quantitative estimate of drug-likeness (QED) is 0.722. The summed E-state index contributed by atoms with van der Waals surface area (Å²) in [6.45, 7) is -0.427. The summed E-state index contributed by atoms with van der Waals surface area (Å²) in [5.74, 6) is -4.46. The first kappa shape index (κ1) is 19.8. The first-order valence-corrected chi connectivity index (χ1v) is 7.56. The molecule has 2 N–H and O–H groups in total. The number of nitrogens with one attached hydrogen (secondary N) is 1. The van der Waals surface area contributed by atoms with E-state index in [0.717, 1.165) is 12.1 Å². The van der Waals surface area contributed by atoms with Gasteiger partial charge in [-0.15, -0.1) is 0 Å². The van der Waals surface area contributed by atoms with Crippen LogP contribution >= 0.6 is 0 Å². The van der Waals surface area contributed by atoms with Gasteiger partial charge in [-0.3, -0.25) is 4.90 Å². The van der Waals surface area contributed by atoms with Crippen LogP contribution < -0.4 is 10.1 Å². The van der Waals surface area contributed by atoms with E-state index in [0.29, 0.717) is 13.1 Å². The molecule has 1 heterocycles. The Labute approximate surface area is 140 Å². The summed E-state index contributed by atoms with van der Waals surface area (Å²) >= 11 is 0. The molecule has 0 spiro atoms. The second-order valence-corrected chi connectivity index (χ2v) is 5.61. The maximum atomic E-state index is 14.4. The molecule has 142 valence electrons. The molecular formula is C15H18F6N2O2. The Bertz CT molecular complexity index is 567. The normalized spacial score (nSPS) is 18.4. The number of aliphatic hydroxyl groups excluding tert-OH is 1. The van der Waals surface area contributed by atoms with E-state index in [4.69, 9.17) is 5.11 Å². The van der Waals surface area contributed by atoms with Crippen molar-refractivity contribution >= 4 is 0 Å². The molecule has 1 saturated heterocycles. The summed E-state index contributed by atoms with van der Waals surface area (Å²) in [5.41, 5.74) is -0.385. The van der Waals surface area contributed by atoms with Gasteiger partial charge >= 0.3 is 12.5 Å². The lowest BCUT2D eigenvalue weighted by Gasteiger charge is -2.39. The van der Waals surface area contributed by atoms with E-state index in [1.807, 2.05) is 0 Å². The van der Waals surface area contributed by atoms with E-state index in [2.05, 4.69) is 10.1 Å². The van der Waals surface area contributed by atoms with Gasteiger partial charge < -0.3 is 15.2 Å². The molecule has 0 unspecified atom stereocenters. The molecule has 10 heteroatoms. The van der Waals surface area contributed by atoms with Crippen molar-refractivity contribution in [3.05, 3.63) is 29.8 Å². The molecule has 2 rings (SSSR count). The molecule has 1 aliphatic heterocycles. The average Bonchev–Trinajstić information content (AvgIpc) is 2.57. The van der Waals surface area contributed by atoms with Crippen LogP contribution in [-0.4, -0.2) is 61.2 Å². The number of nitrogens with zero attached hydrogens (tertiary/aromatic N) is 1. The molecule has 1 aromatic rings. The maximum absolute atomic E-state index is 14.4. The zero-order chi connectivity index (χ0) is 18.7. The van der Waals surface area contributed by atoms with E-state index >= 15 is 0 Å². The molecule has 4 nitrogen and oxygen atoms in total. The van der Waals surface area contributed by atoms with Gasteiger partial charge in [0.1, 0.15) is 18.4 Å². The lowest BCUT2D eigenvalue weighted by atomic mass is 9.97. The number of hydrogen-bond acceptors (Lipinski definition) is 4. The van der Waals surface area contributed by atoms with Crippen LogP contribution in [0.1, 0.15) is 11.6 Å². The lowest BCUT2D eigenvalue weighted by Crippen LogP contribution is -2.51. The molecule has 0 saturated carbocycles. The zero-order valence-electron chi connectivity index (χ0n) is 13.1. The molecule has 1 atom stereocenters. The minimum absolute atomic E-state index is 0.166. The van der Waals surface area contributed by atoms with Gasteiger partial charge in [0.25, 0.3) is 5.92 Å². The van der Waals surface area contributed by atoms with Crippen LogP contribution in [0.3, 0.4) is 0 Å². The van der Waals surface area contributed by atoms with Crippen molar-refractivity contribution in [2.75, 3.05) is 32.8 Å². The summed E-state index contributed by atoms with van der Waals surface area (Å²) in [6, 6.07) is 2.77. The van der Waals surface area contributed by atoms with Crippen molar-refractivity contribution in [1.29, 1.82) is 0 Å². The van der Waals surface area contributed by atoms with E-state index < -0.39 is 36.9 Å². The van der Waals surface area contributed by atoms with Gasteiger partial charge in [0.05, 0.1) is 0 Å². The maximum Gasteiger partial charge on any atom is 0.461 e. The largest absolute Gasteiger partial charge is 0.461 e. The number of ether oxygens (including phenoxy) is 1. The van der Waals surface area contributed by atoms with Crippen molar-refractivity contribution in [3.8, 4) is 5.75 Å². The van der Waals surface area contributed by atoms with E-state index in [1.165, 1.54) is 17.0 Å². The predicted molar refractivity (Wildman–Crippen MR) is 77.2 cm³/mol. The highest BCUT2D eigenvalue weighted by molar-refractivity contribution is 5.37. The number of rotatable bonds is 7. The van der Waals surface area contributed by atoms with Crippen LogP contribution in [0, 0.1) is 0 Å². The van der Waals surface area contributed by atoms with Gasteiger partial charge in [-0.2, -0.15) is 17.6 Å². The van der Waals surface area contributed by atoms with Gasteiger partial charge in [0, 0.05) is 31.7 Å². The van der Waals surface area contributed by atoms with Crippen LogP contribution in [0.4, 0.5) is 26.3 Å². The molecule has 0 radical (unpaired) electrons. The smallest absolute Gasteiger partial charge is 0.428 e. The van der Waals surface area contributed by atoms with Crippen molar-refractivity contribution in [1.82, 2.24) is 10.2 Å². The summed E-state index contributed by atoms with van der Waals surface area (Å²) in [7, 11) is 0. The minimum atomic E-state index is -4.82.